The second kappa shape index (κ2) is 20.5. The Morgan fingerprint density at radius 2 is 1.82 bits per heavy atom. The van der Waals surface area contributed by atoms with E-state index in [4.69, 9.17) is 20.1 Å². The molecule has 186 valence electrons. The van der Waals surface area contributed by atoms with Gasteiger partial charge in [-0.1, -0.05) is 13.3 Å². The number of aromatic nitrogens is 1. The highest BCUT2D eigenvalue weighted by molar-refractivity contribution is 7.94. The molecule has 1 heterocycles. The maximum Gasteiger partial charge on any atom is 0.323 e. The van der Waals surface area contributed by atoms with Crippen LogP contribution in [0.4, 0.5) is 8.68 Å². The third-order valence-corrected chi connectivity index (χ3v) is 3.86. The largest absolute Gasteiger partial charge is 0.483 e. The summed E-state index contributed by atoms with van der Waals surface area (Å²) in [5.74, 6) is -2.23. The fourth-order valence-corrected chi connectivity index (χ4v) is 2.10. The Morgan fingerprint density at radius 1 is 1.18 bits per heavy atom. The molecule has 1 aromatic heterocycles. The van der Waals surface area contributed by atoms with Gasteiger partial charge in [0, 0.05) is 25.2 Å². The second-order valence-electron chi connectivity index (χ2n) is 6.23. The fraction of sp³-hybridized carbons (Fsp3) is 0.474. The number of hydrogen-bond acceptors (Lipinski definition) is 7. The van der Waals surface area contributed by atoms with Crippen molar-refractivity contribution in [2.75, 3.05) is 13.1 Å². The lowest BCUT2D eigenvalue weighted by atomic mass is 10.2. The van der Waals surface area contributed by atoms with Crippen molar-refractivity contribution < 1.29 is 43.2 Å². The molecular weight excluding hydrogens is 463 g/mol. The van der Waals surface area contributed by atoms with Crippen LogP contribution >= 0.6 is 12.1 Å². The third-order valence-electron chi connectivity index (χ3n) is 3.46. The van der Waals surface area contributed by atoms with Crippen LogP contribution in [0, 0.1) is 0 Å². The lowest BCUT2D eigenvalue weighted by Gasteiger charge is -2.12. The Morgan fingerprint density at radius 3 is 2.27 bits per heavy atom. The normalized spacial score (nSPS) is 10.2. The average Bonchev–Trinajstić information content (AvgIpc) is 2.77. The first-order valence-corrected chi connectivity index (χ1v) is 10.4. The van der Waals surface area contributed by atoms with Gasteiger partial charge in [-0.05, 0) is 31.9 Å². The lowest BCUT2D eigenvalue weighted by Crippen LogP contribution is -2.42. The van der Waals surface area contributed by atoms with E-state index in [9.17, 15) is 23.1 Å². The number of aliphatic carboxylic acids is 2. The monoisotopic (exact) mass is 492 g/mol. The molecule has 1 unspecified atom stereocenters. The number of carboxylic acids is 2. The Bertz CT molecular complexity index is 737. The number of hydrogen-bond donors (Lipinski definition) is 6. The SMILES string of the molecule is CC(CCC(=O)O)NC(=O)NCC(=O)O.CCCCNC(=O)c1ccc(SF)nc1.O=CO. The molecule has 0 aliphatic rings. The summed E-state index contributed by atoms with van der Waals surface area (Å²) in [6.07, 6.45) is 3.63. The van der Waals surface area contributed by atoms with Crippen LogP contribution in [-0.4, -0.2) is 69.8 Å². The highest BCUT2D eigenvalue weighted by atomic mass is 32.2. The first-order chi connectivity index (χ1) is 15.6. The molecule has 1 atom stereocenters. The number of rotatable bonds is 11. The molecule has 0 aromatic carbocycles. The average molecular weight is 493 g/mol. The highest BCUT2D eigenvalue weighted by Crippen LogP contribution is 2.15. The van der Waals surface area contributed by atoms with Gasteiger partial charge in [-0.25, -0.2) is 9.78 Å². The number of carbonyl (C=O) groups excluding carboxylic acids is 2. The minimum atomic E-state index is -1.14. The molecule has 3 amide bonds. The zero-order valence-corrected chi connectivity index (χ0v) is 19.1. The summed E-state index contributed by atoms with van der Waals surface area (Å²) >= 11 is 0.0679. The van der Waals surface area contributed by atoms with Crippen LogP contribution in [0.25, 0.3) is 0 Å². The topological polar surface area (TPSA) is 195 Å². The lowest BCUT2D eigenvalue weighted by molar-refractivity contribution is -0.137. The number of amides is 3. The van der Waals surface area contributed by atoms with Gasteiger partial charge in [0.1, 0.15) is 23.7 Å². The van der Waals surface area contributed by atoms with Crippen molar-refractivity contribution in [1.82, 2.24) is 20.9 Å². The molecule has 0 spiro atoms. The van der Waals surface area contributed by atoms with E-state index in [0.717, 1.165) is 12.8 Å². The summed E-state index contributed by atoms with van der Waals surface area (Å²) < 4.78 is 12.1. The van der Waals surface area contributed by atoms with E-state index in [1.165, 1.54) is 12.3 Å². The van der Waals surface area contributed by atoms with Crippen LogP contribution in [0.2, 0.25) is 0 Å². The van der Waals surface area contributed by atoms with E-state index in [0.29, 0.717) is 18.5 Å². The molecule has 0 saturated carbocycles. The molecule has 0 radical (unpaired) electrons. The summed E-state index contributed by atoms with van der Waals surface area (Å²) in [6.45, 7) is 3.65. The van der Waals surface area contributed by atoms with Crippen LogP contribution in [0.3, 0.4) is 0 Å². The number of urea groups is 1. The molecule has 0 fully saturated rings. The number of unbranched alkanes of at least 4 members (excludes halogenated alkanes) is 1. The van der Waals surface area contributed by atoms with Crippen molar-refractivity contribution in [3.05, 3.63) is 23.9 Å². The zero-order chi connectivity index (χ0) is 25.6. The minimum absolute atomic E-state index is 0.0413. The number of nitrogens with zero attached hydrogens (tertiary/aromatic N) is 1. The predicted octanol–water partition coefficient (Wildman–Crippen LogP) is 1.91. The van der Waals surface area contributed by atoms with E-state index in [2.05, 4.69) is 27.9 Å². The number of carbonyl (C=O) groups is 5. The summed E-state index contributed by atoms with van der Waals surface area (Å²) in [4.78, 5) is 54.9. The van der Waals surface area contributed by atoms with Gasteiger partial charge in [0.2, 0.25) is 0 Å². The predicted molar refractivity (Wildman–Crippen MR) is 118 cm³/mol. The number of carboxylic acid groups (broad SMARTS) is 3. The molecule has 1 rings (SSSR count). The van der Waals surface area contributed by atoms with E-state index in [-0.39, 0.29) is 42.0 Å². The Kier molecular flexibility index (Phi) is 19.7. The first kappa shape index (κ1) is 31.8. The third kappa shape index (κ3) is 20.2. The summed E-state index contributed by atoms with van der Waals surface area (Å²) in [6, 6.07) is 2.13. The quantitative estimate of drug-likeness (QED) is 0.196. The Balaban J connectivity index is 0. The van der Waals surface area contributed by atoms with Crippen molar-refractivity contribution in [1.29, 1.82) is 0 Å². The van der Waals surface area contributed by atoms with Gasteiger partial charge < -0.3 is 31.3 Å². The molecule has 14 heteroatoms. The number of pyridine rings is 1. The van der Waals surface area contributed by atoms with Gasteiger partial charge in [0.15, 0.2) is 0 Å². The van der Waals surface area contributed by atoms with Crippen molar-refractivity contribution in [3.63, 3.8) is 0 Å². The van der Waals surface area contributed by atoms with E-state index >= 15 is 0 Å². The molecule has 1 aromatic rings. The van der Waals surface area contributed by atoms with Crippen molar-refractivity contribution in [2.45, 2.75) is 50.6 Å². The van der Waals surface area contributed by atoms with Crippen molar-refractivity contribution >= 4 is 42.5 Å². The minimum Gasteiger partial charge on any atom is -0.483 e. The van der Waals surface area contributed by atoms with E-state index in [1.54, 1.807) is 13.0 Å². The number of nitrogens with one attached hydrogen (secondary N) is 3. The molecule has 0 aliphatic carbocycles. The van der Waals surface area contributed by atoms with Crippen LogP contribution in [0.15, 0.2) is 23.4 Å². The van der Waals surface area contributed by atoms with Gasteiger partial charge >= 0.3 is 18.0 Å². The van der Waals surface area contributed by atoms with Gasteiger partial charge in [-0.3, -0.25) is 19.2 Å². The van der Waals surface area contributed by atoms with Gasteiger partial charge in [0.25, 0.3) is 12.4 Å². The zero-order valence-electron chi connectivity index (χ0n) is 18.2. The Hall–Kier alpha value is -3.42. The molecule has 12 nitrogen and oxygen atoms in total. The maximum absolute atomic E-state index is 12.1. The van der Waals surface area contributed by atoms with E-state index in [1.807, 2.05) is 0 Å². The maximum atomic E-state index is 12.1. The van der Waals surface area contributed by atoms with Crippen LogP contribution < -0.4 is 16.0 Å². The molecule has 0 saturated heterocycles. The second-order valence-corrected chi connectivity index (χ2v) is 6.80. The fourth-order valence-electron chi connectivity index (χ4n) is 1.88. The summed E-state index contributed by atoms with van der Waals surface area (Å²) in [5, 5.41) is 31.0. The van der Waals surface area contributed by atoms with Gasteiger partial charge in [-0.15, -0.1) is 0 Å². The Labute approximate surface area is 194 Å². The molecule has 0 bridgehead atoms. The molecular formula is C19H29FN4O8S. The summed E-state index contributed by atoms with van der Waals surface area (Å²) in [7, 11) is 0. The molecule has 0 aliphatic heterocycles. The van der Waals surface area contributed by atoms with Crippen molar-refractivity contribution in [2.24, 2.45) is 0 Å². The van der Waals surface area contributed by atoms with Crippen molar-refractivity contribution in [3.8, 4) is 0 Å². The van der Waals surface area contributed by atoms with Gasteiger partial charge in [0.05, 0.1) is 5.56 Å². The molecule has 6 N–H and O–H groups in total. The van der Waals surface area contributed by atoms with Crippen LogP contribution in [-0.2, 0) is 14.4 Å². The smallest absolute Gasteiger partial charge is 0.323 e. The summed E-state index contributed by atoms with van der Waals surface area (Å²) in [5.41, 5.74) is 0.462. The first-order valence-electron chi connectivity index (χ1n) is 9.69. The standard InChI is InChI=1S/C10H13FN2OS.C8H14N2O5.CH2O2/c1-2-3-6-12-10(14)8-4-5-9(15-11)13-7-8;1-5(2-3-6(11)12)10-8(15)9-4-7(13)14;2-1-3/h4-5,7H,2-3,6H2,1H3,(H,12,14);5H,2-4H2,1H3,(H,11,12)(H,13,14)(H2,9,10,15);1H,(H,2,3). The van der Waals surface area contributed by atoms with Gasteiger partial charge in [-0.2, -0.15) is 3.89 Å². The molecule has 33 heavy (non-hydrogen) atoms. The van der Waals surface area contributed by atoms with E-state index < -0.39 is 24.5 Å². The highest BCUT2D eigenvalue weighted by Gasteiger charge is 2.09. The van der Waals surface area contributed by atoms with Crippen LogP contribution in [0.5, 0.6) is 0 Å². The van der Waals surface area contributed by atoms with Crippen LogP contribution in [0.1, 0.15) is 49.9 Å². The number of halogens is 1.